The first-order chi connectivity index (χ1) is 8.61. The van der Waals surface area contributed by atoms with Crippen LogP contribution in [0.3, 0.4) is 0 Å². The van der Waals surface area contributed by atoms with Gasteiger partial charge in [-0.25, -0.2) is 4.98 Å². The summed E-state index contributed by atoms with van der Waals surface area (Å²) >= 11 is 1.49. The molecule has 102 valence electrons. The Morgan fingerprint density at radius 2 is 2.39 bits per heavy atom. The van der Waals surface area contributed by atoms with Gasteiger partial charge in [0.25, 0.3) is 0 Å². The maximum atomic E-state index is 11.2. The van der Waals surface area contributed by atoms with Crippen LogP contribution >= 0.6 is 11.3 Å². The number of carbonyl (C=O) groups is 1. The van der Waals surface area contributed by atoms with Gasteiger partial charge in [0, 0.05) is 41.2 Å². The lowest BCUT2D eigenvalue weighted by atomic mass is 10.2. The van der Waals surface area contributed by atoms with E-state index in [-0.39, 0.29) is 5.97 Å². The SMILES string of the molecule is CCOC(=O)CCc1csc(NCCS(C)=O)n1. The maximum Gasteiger partial charge on any atom is 0.306 e. The highest BCUT2D eigenvalue weighted by atomic mass is 32.2. The average molecular weight is 290 g/mol. The Balaban J connectivity index is 2.29. The molecule has 1 aromatic heterocycles. The first-order valence-corrected chi connectivity index (χ1v) is 8.36. The Bertz CT molecular complexity index is 407. The van der Waals surface area contributed by atoms with Crippen molar-refractivity contribution in [2.75, 3.05) is 30.5 Å². The highest BCUT2D eigenvalue weighted by molar-refractivity contribution is 7.84. The Morgan fingerprint density at radius 1 is 1.61 bits per heavy atom. The number of hydrogen-bond donors (Lipinski definition) is 1. The van der Waals surface area contributed by atoms with Crippen LogP contribution in [0.5, 0.6) is 0 Å². The summed E-state index contributed by atoms with van der Waals surface area (Å²) in [5, 5.41) is 5.83. The van der Waals surface area contributed by atoms with E-state index in [1.54, 1.807) is 13.2 Å². The van der Waals surface area contributed by atoms with Crippen molar-refractivity contribution in [1.82, 2.24) is 4.98 Å². The lowest BCUT2D eigenvalue weighted by molar-refractivity contribution is -0.143. The van der Waals surface area contributed by atoms with E-state index in [9.17, 15) is 9.00 Å². The first-order valence-electron chi connectivity index (χ1n) is 5.75. The molecule has 0 spiro atoms. The molecule has 7 heteroatoms. The molecule has 0 aliphatic heterocycles. The minimum absolute atomic E-state index is 0.193. The number of carbonyl (C=O) groups excluding carboxylic acids is 1. The predicted octanol–water partition coefficient (Wildman–Crippen LogP) is 1.43. The van der Waals surface area contributed by atoms with E-state index in [0.717, 1.165) is 10.8 Å². The number of anilines is 1. The molecule has 0 fully saturated rings. The molecule has 0 amide bonds. The smallest absolute Gasteiger partial charge is 0.306 e. The molecule has 1 N–H and O–H groups in total. The van der Waals surface area contributed by atoms with Gasteiger partial charge in [0.05, 0.1) is 18.7 Å². The van der Waals surface area contributed by atoms with Crippen LogP contribution in [-0.4, -0.2) is 40.3 Å². The maximum absolute atomic E-state index is 11.2. The fourth-order valence-electron chi connectivity index (χ4n) is 1.27. The zero-order valence-electron chi connectivity index (χ0n) is 10.6. The molecule has 18 heavy (non-hydrogen) atoms. The van der Waals surface area contributed by atoms with Crippen LogP contribution in [0.2, 0.25) is 0 Å². The van der Waals surface area contributed by atoms with E-state index in [0.29, 0.717) is 31.7 Å². The number of hydrogen-bond acceptors (Lipinski definition) is 6. The molecule has 1 unspecified atom stereocenters. The fourth-order valence-corrected chi connectivity index (χ4v) is 2.43. The molecule has 1 rings (SSSR count). The first kappa shape index (κ1) is 15.1. The van der Waals surface area contributed by atoms with Crippen molar-refractivity contribution in [3.05, 3.63) is 11.1 Å². The fraction of sp³-hybridized carbons (Fsp3) is 0.636. The summed E-state index contributed by atoms with van der Waals surface area (Å²) in [5.41, 5.74) is 0.883. The van der Waals surface area contributed by atoms with E-state index >= 15 is 0 Å². The topological polar surface area (TPSA) is 68.3 Å². The van der Waals surface area contributed by atoms with Crippen LogP contribution in [0.4, 0.5) is 5.13 Å². The van der Waals surface area contributed by atoms with Crippen LogP contribution in [0.15, 0.2) is 5.38 Å². The molecule has 0 aliphatic rings. The van der Waals surface area contributed by atoms with Crippen LogP contribution in [0.1, 0.15) is 19.0 Å². The molecule has 0 radical (unpaired) electrons. The van der Waals surface area contributed by atoms with E-state index in [1.165, 1.54) is 11.3 Å². The Labute approximate surface area is 113 Å². The van der Waals surface area contributed by atoms with Gasteiger partial charge in [-0.2, -0.15) is 0 Å². The van der Waals surface area contributed by atoms with Gasteiger partial charge in [0.1, 0.15) is 0 Å². The molecule has 1 heterocycles. The molecular formula is C11H18N2O3S2. The molecule has 0 aromatic carbocycles. The van der Waals surface area contributed by atoms with Gasteiger partial charge in [-0.3, -0.25) is 9.00 Å². The number of ether oxygens (including phenoxy) is 1. The minimum atomic E-state index is -0.791. The lowest BCUT2D eigenvalue weighted by Crippen LogP contribution is -2.09. The van der Waals surface area contributed by atoms with Crippen molar-refractivity contribution >= 4 is 33.2 Å². The zero-order chi connectivity index (χ0) is 13.4. The molecule has 1 atom stereocenters. The van der Waals surface area contributed by atoms with E-state index in [4.69, 9.17) is 4.74 Å². The summed E-state index contributed by atoms with van der Waals surface area (Å²) in [6.07, 6.45) is 2.63. The normalized spacial score (nSPS) is 12.1. The van der Waals surface area contributed by atoms with Crippen molar-refractivity contribution in [3.63, 3.8) is 0 Å². The van der Waals surface area contributed by atoms with E-state index < -0.39 is 10.8 Å². The Morgan fingerprint density at radius 3 is 3.06 bits per heavy atom. The van der Waals surface area contributed by atoms with Crippen molar-refractivity contribution < 1.29 is 13.7 Å². The summed E-state index contributed by atoms with van der Waals surface area (Å²) in [6, 6.07) is 0. The zero-order valence-corrected chi connectivity index (χ0v) is 12.2. The standard InChI is InChI=1S/C11H18N2O3S2/c1-3-16-10(14)5-4-9-8-17-11(13-9)12-6-7-18(2)15/h8H,3-7H2,1-2H3,(H,12,13). The van der Waals surface area contributed by atoms with Gasteiger partial charge in [0.15, 0.2) is 5.13 Å². The highest BCUT2D eigenvalue weighted by Gasteiger charge is 2.06. The third-order valence-corrected chi connectivity index (χ3v) is 3.74. The second-order valence-electron chi connectivity index (χ2n) is 3.65. The summed E-state index contributed by atoms with van der Waals surface area (Å²) < 4.78 is 15.7. The summed E-state index contributed by atoms with van der Waals surface area (Å²) in [5.74, 6) is 0.416. The lowest BCUT2D eigenvalue weighted by Gasteiger charge is -2.00. The Hall–Kier alpha value is -0.950. The van der Waals surface area contributed by atoms with Gasteiger partial charge in [-0.1, -0.05) is 0 Å². The van der Waals surface area contributed by atoms with Crippen LogP contribution < -0.4 is 5.32 Å². The molecular weight excluding hydrogens is 272 g/mol. The van der Waals surface area contributed by atoms with Gasteiger partial charge < -0.3 is 10.1 Å². The second kappa shape index (κ2) is 8.20. The summed E-state index contributed by atoms with van der Waals surface area (Å²) in [6.45, 7) is 2.85. The third kappa shape index (κ3) is 6.11. The van der Waals surface area contributed by atoms with Gasteiger partial charge in [-0.15, -0.1) is 11.3 Å². The number of esters is 1. The van der Waals surface area contributed by atoms with E-state index in [1.807, 2.05) is 5.38 Å². The van der Waals surface area contributed by atoms with Gasteiger partial charge in [0.2, 0.25) is 0 Å². The molecule has 0 saturated carbocycles. The van der Waals surface area contributed by atoms with Crippen LogP contribution in [0, 0.1) is 0 Å². The van der Waals surface area contributed by atoms with Gasteiger partial charge >= 0.3 is 5.97 Å². The van der Waals surface area contributed by atoms with Crippen LogP contribution in [0.25, 0.3) is 0 Å². The third-order valence-electron chi connectivity index (χ3n) is 2.11. The number of aromatic nitrogens is 1. The van der Waals surface area contributed by atoms with Crippen molar-refractivity contribution in [2.24, 2.45) is 0 Å². The van der Waals surface area contributed by atoms with Crippen molar-refractivity contribution in [1.29, 1.82) is 0 Å². The minimum Gasteiger partial charge on any atom is -0.466 e. The van der Waals surface area contributed by atoms with Crippen molar-refractivity contribution in [2.45, 2.75) is 19.8 Å². The number of nitrogens with one attached hydrogen (secondary N) is 1. The molecule has 0 saturated heterocycles. The summed E-state index contributed by atoms with van der Waals surface area (Å²) in [7, 11) is -0.791. The largest absolute Gasteiger partial charge is 0.466 e. The summed E-state index contributed by atoms with van der Waals surface area (Å²) in [4.78, 5) is 15.5. The molecule has 0 aliphatic carbocycles. The van der Waals surface area contributed by atoms with Crippen LogP contribution in [-0.2, 0) is 26.8 Å². The molecule has 5 nitrogen and oxygen atoms in total. The number of rotatable bonds is 8. The predicted molar refractivity (Wildman–Crippen MR) is 74.5 cm³/mol. The van der Waals surface area contributed by atoms with Gasteiger partial charge in [-0.05, 0) is 6.92 Å². The highest BCUT2D eigenvalue weighted by Crippen LogP contribution is 2.16. The molecule has 0 bridgehead atoms. The Kier molecular flexibility index (Phi) is 6.89. The number of thiazole rings is 1. The second-order valence-corrected chi connectivity index (χ2v) is 6.07. The molecule has 1 aromatic rings. The monoisotopic (exact) mass is 290 g/mol. The van der Waals surface area contributed by atoms with Crippen molar-refractivity contribution in [3.8, 4) is 0 Å². The number of aryl methyl sites for hydroxylation is 1. The number of nitrogens with zero attached hydrogens (tertiary/aromatic N) is 1. The van der Waals surface area contributed by atoms with E-state index in [2.05, 4.69) is 10.3 Å². The average Bonchev–Trinajstić information content (AvgIpc) is 2.74. The quantitative estimate of drug-likeness (QED) is 0.734.